The van der Waals surface area contributed by atoms with Gasteiger partial charge in [-0.3, -0.25) is 4.90 Å². The molecule has 17 heavy (non-hydrogen) atoms. The Kier molecular flexibility index (Phi) is 4.87. The van der Waals surface area contributed by atoms with Crippen molar-refractivity contribution in [2.24, 2.45) is 12.5 Å². The minimum Gasteiger partial charge on any atom is -0.337 e. The fourth-order valence-electron chi connectivity index (χ4n) is 2.06. The van der Waals surface area contributed by atoms with Gasteiger partial charge in [0.05, 0.1) is 6.54 Å². The maximum absolute atomic E-state index is 11.2. The first-order valence-electron chi connectivity index (χ1n) is 6.18. The summed E-state index contributed by atoms with van der Waals surface area (Å²) >= 11 is 0. The van der Waals surface area contributed by atoms with Crippen LogP contribution in [0.25, 0.3) is 0 Å². The third kappa shape index (κ3) is 3.40. The second-order valence-corrected chi connectivity index (χ2v) is 4.81. The quantitative estimate of drug-likeness (QED) is 0.679. The van der Waals surface area contributed by atoms with E-state index < -0.39 is 0 Å². The van der Waals surface area contributed by atoms with Gasteiger partial charge in [-0.1, -0.05) is 13.8 Å². The highest BCUT2D eigenvalue weighted by molar-refractivity contribution is 5.59. The molecule has 0 aliphatic rings. The molecule has 0 atom stereocenters. The van der Waals surface area contributed by atoms with E-state index in [0.29, 0.717) is 0 Å². The highest BCUT2D eigenvalue weighted by atomic mass is 16.1. The van der Waals surface area contributed by atoms with Crippen molar-refractivity contribution < 1.29 is 4.79 Å². The number of aromatic nitrogens is 2. The maximum atomic E-state index is 11.2. The number of hydrogen-bond acceptors (Lipinski definition) is 3. The SMILES string of the molecule is CCC(C=O)(CC)CN(C)Cc1nccn1C. The van der Waals surface area contributed by atoms with Crippen molar-refractivity contribution in [1.29, 1.82) is 0 Å². The summed E-state index contributed by atoms with van der Waals surface area (Å²) in [7, 11) is 4.03. The van der Waals surface area contributed by atoms with Crippen LogP contribution in [-0.2, 0) is 18.4 Å². The number of aryl methyl sites for hydroxylation is 1. The van der Waals surface area contributed by atoms with Gasteiger partial charge in [0.25, 0.3) is 0 Å². The highest BCUT2D eigenvalue weighted by Gasteiger charge is 2.27. The van der Waals surface area contributed by atoms with Crippen molar-refractivity contribution in [1.82, 2.24) is 14.5 Å². The van der Waals surface area contributed by atoms with Crippen LogP contribution >= 0.6 is 0 Å². The summed E-state index contributed by atoms with van der Waals surface area (Å²) in [5.41, 5.74) is -0.208. The van der Waals surface area contributed by atoms with Gasteiger partial charge in [0.1, 0.15) is 12.1 Å². The predicted molar refractivity (Wildman–Crippen MR) is 68.6 cm³/mol. The summed E-state index contributed by atoms with van der Waals surface area (Å²) < 4.78 is 2.01. The van der Waals surface area contributed by atoms with Crippen molar-refractivity contribution in [2.45, 2.75) is 33.2 Å². The third-order valence-electron chi connectivity index (χ3n) is 3.58. The molecule has 0 fully saturated rings. The van der Waals surface area contributed by atoms with Crippen molar-refractivity contribution in [2.75, 3.05) is 13.6 Å². The Morgan fingerprint density at radius 1 is 1.47 bits per heavy atom. The summed E-state index contributed by atoms with van der Waals surface area (Å²) in [6, 6.07) is 0. The molecular weight excluding hydrogens is 214 g/mol. The van der Waals surface area contributed by atoms with Gasteiger partial charge in [0, 0.05) is 31.4 Å². The summed E-state index contributed by atoms with van der Waals surface area (Å²) in [5, 5.41) is 0. The standard InChI is InChI=1S/C13H23N3O/c1-5-13(6-2,11-17)10-15(3)9-12-14-7-8-16(12)4/h7-8,11H,5-6,9-10H2,1-4H3. The molecule has 4 nitrogen and oxygen atoms in total. The number of aldehydes is 1. The van der Waals surface area contributed by atoms with E-state index in [1.165, 1.54) is 0 Å². The highest BCUT2D eigenvalue weighted by Crippen LogP contribution is 2.24. The van der Waals surface area contributed by atoms with Crippen molar-refractivity contribution in [3.8, 4) is 0 Å². The van der Waals surface area contributed by atoms with E-state index >= 15 is 0 Å². The van der Waals surface area contributed by atoms with Gasteiger partial charge in [-0.25, -0.2) is 4.98 Å². The number of rotatable bonds is 7. The largest absolute Gasteiger partial charge is 0.337 e. The molecule has 0 saturated heterocycles. The Labute approximate surface area is 104 Å². The Morgan fingerprint density at radius 2 is 2.12 bits per heavy atom. The number of hydrogen-bond donors (Lipinski definition) is 0. The lowest BCUT2D eigenvalue weighted by Crippen LogP contribution is -2.36. The molecule has 0 unspecified atom stereocenters. The molecule has 0 amide bonds. The topological polar surface area (TPSA) is 38.1 Å². The molecule has 1 heterocycles. The Hall–Kier alpha value is -1.16. The molecule has 0 saturated carbocycles. The van der Waals surface area contributed by atoms with Crippen molar-refractivity contribution in [3.05, 3.63) is 18.2 Å². The Morgan fingerprint density at radius 3 is 2.53 bits per heavy atom. The van der Waals surface area contributed by atoms with E-state index in [2.05, 4.69) is 23.7 Å². The molecule has 96 valence electrons. The second kappa shape index (κ2) is 5.96. The molecule has 1 aromatic heterocycles. The molecule has 0 radical (unpaired) electrons. The van der Waals surface area contributed by atoms with Gasteiger partial charge in [-0.05, 0) is 19.9 Å². The van der Waals surface area contributed by atoms with Crippen LogP contribution in [-0.4, -0.2) is 34.3 Å². The van der Waals surface area contributed by atoms with Crippen LogP contribution in [0.1, 0.15) is 32.5 Å². The first-order chi connectivity index (χ1) is 8.06. The lowest BCUT2D eigenvalue weighted by molar-refractivity contribution is -0.117. The molecule has 0 aromatic carbocycles. The maximum Gasteiger partial charge on any atom is 0.127 e. The lowest BCUT2D eigenvalue weighted by atomic mass is 9.83. The fourth-order valence-corrected chi connectivity index (χ4v) is 2.06. The molecule has 0 aliphatic carbocycles. The van der Waals surface area contributed by atoms with Crippen molar-refractivity contribution in [3.63, 3.8) is 0 Å². The summed E-state index contributed by atoms with van der Waals surface area (Å²) in [5.74, 6) is 1.03. The average Bonchev–Trinajstić information content (AvgIpc) is 2.72. The lowest BCUT2D eigenvalue weighted by Gasteiger charge is -2.30. The number of imidazole rings is 1. The first kappa shape index (κ1) is 13.9. The van der Waals surface area contributed by atoms with Gasteiger partial charge in [0.2, 0.25) is 0 Å². The Balaban J connectivity index is 2.62. The minimum absolute atomic E-state index is 0.208. The molecule has 0 spiro atoms. The van der Waals surface area contributed by atoms with Gasteiger partial charge < -0.3 is 9.36 Å². The van der Waals surface area contributed by atoms with Gasteiger partial charge in [-0.15, -0.1) is 0 Å². The van der Waals surface area contributed by atoms with Gasteiger partial charge >= 0.3 is 0 Å². The monoisotopic (exact) mass is 237 g/mol. The number of nitrogens with zero attached hydrogens (tertiary/aromatic N) is 3. The number of carbonyl (C=O) groups is 1. The predicted octanol–water partition coefficient (Wildman–Crippen LogP) is 1.86. The normalized spacial score (nSPS) is 12.1. The zero-order valence-electron chi connectivity index (χ0n) is 11.3. The zero-order valence-corrected chi connectivity index (χ0v) is 11.3. The number of carbonyl (C=O) groups excluding carboxylic acids is 1. The van der Waals surface area contributed by atoms with Crippen LogP contribution in [0.15, 0.2) is 12.4 Å². The second-order valence-electron chi connectivity index (χ2n) is 4.81. The van der Waals surface area contributed by atoms with Gasteiger partial charge in [0.15, 0.2) is 0 Å². The van der Waals surface area contributed by atoms with Gasteiger partial charge in [-0.2, -0.15) is 0 Å². The molecule has 0 bridgehead atoms. The van der Waals surface area contributed by atoms with Crippen LogP contribution in [0, 0.1) is 5.41 Å². The molecule has 0 aliphatic heterocycles. The van der Waals surface area contributed by atoms with Crippen LogP contribution in [0.4, 0.5) is 0 Å². The Bertz CT molecular complexity index is 355. The van der Waals surface area contributed by atoms with Crippen LogP contribution in [0.5, 0.6) is 0 Å². The summed E-state index contributed by atoms with van der Waals surface area (Å²) in [4.78, 5) is 17.7. The third-order valence-corrected chi connectivity index (χ3v) is 3.58. The van der Waals surface area contributed by atoms with Crippen LogP contribution in [0.2, 0.25) is 0 Å². The molecule has 1 rings (SSSR count). The van der Waals surface area contributed by atoms with E-state index in [-0.39, 0.29) is 5.41 Å². The average molecular weight is 237 g/mol. The fraction of sp³-hybridized carbons (Fsp3) is 0.692. The molecule has 1 aromatic rings. The summed E-state index contributed by atoms with van der Waals surface area (Å²) in [6.07, 6.45) is 6.63. The van der Waals surface area contributed by atoms with E-state index in [1.807, 2.05) is 24.9 Å². The smallest absolute Gasteiger partial charge is 0.127 e. The first-order valence-corrected chi connectivity index (χ1v) is 6.18. The van der Waals surface area contributed by atoms with Crippen LogP contribution < -0.4 is 0 Å². The van der Waals surface area contributed by atoms with E-state index in [4.69, 9.17) is 0 Å². The van der Waals surface area contributed by atoms with E-state index in [1.54, 1.807) is 6.20 Å². The molecule has 4 heteroatoms. The van der Waals surface area contributed by atoms with Crippen LogP contribution in [0.3, 0.4) is 0 Å². The molecular formula is C13H23N3O. The molecule has 0 N–H and O–H groups in total. The van der Waals surface area contributed by atoms with E-state index in [0.717, 1.165) is 38.0 Å². The van der Waals surface area contributed by atoms with E-state index in [9.17, 15) is 4.79 Å². The summed E-state index contributed by atoms with van der Waals surface area (Å²) in [6.45, 7) is 5.72. The zero-order chi connectivity index (χ0) is 12.9. The minimum atomic E-state index is -0.208. The van der Waals surface area contributed by atoms with Crippen molar-refractivity contribution >= 4 is 6.29 Å².